The minimum Gasteiger partial charge on any atom is -0.494 e. The van der Waals surface area contributed by atoms with E-state index in [1.807, 2.05) is 6.92 Å². The molecule has 0 aliphatic rings. The zero-order chi connectivity index (χ0) is 25.2. The molecule has 3 rings (SSSR count). The van der Waals surface area contributed by atoms with Gasteiger partial charge >= 0.3 is 11.7 Å². The number of thiophene rings is 1. The van der Waals surface area contributed by atoms with Crippen molar-refractivity contribution in [3.8, 4) is 28.5 Å². The SMILES string of the molecule is CCOC(=O)c1c(N=Cc2c(O)n(C)c(=O)n(C)c2=O)sc(C)c1-c1ccc(OC)c(OC)c1. The number of hydrogen-bond acceptors (Lipinski definition) is 9. The van der Waals surface area contributed by atoms with Gasteiger partial charge in [-0.05, 0) is 31.5 Å². The highest BCUT2D eigenvalue weighted by Gasteiger charge is 2.25. The number of aromatic nitrogens is 2. The highest BCUT2D eigenvalue weighted by Crippen LogP contribution is 2.44. The van der Waals surface area contributed by atoms with Crippen molar-refractivity contribution in [2.24, 2.45) is 19.1 Å². The molecular weight excluding hydrogens is 462 g/mol. The van der Waals surface area contributed by atoms with Gasteiger partial charge in [0.25, 0.3) is 5.56 Å². The maximum absolute atomic E-state index is 12.9. The van der Waals surface area contributed by atoms with Gasteiger partial charge in [-0.1, -0.05) is 6.07 Å². The summed E-state index contributed by atoms with van der Waals surface area (Å²) in [6.45, 7) is 3.69. The van der Waals surface area contributed by atoms with Gasteiger partial charge in [0.15, 0.2) is 11.5 Å². The number of carbonyl (C=O) groups is 1. The lowest BCUT2D eigenvalue weighted by Gasteiger charge is -2.11. The fourth-order valence-corrected chi connectivity index (χ4v) is 4.45. The quantitative estimate of drug-likeness (QED) is 0.402. The second kappa shape index (κ2) is 9.96. The molecular formula is C23H25N3O7S. The lowest BCUT2D eigenvalue weighted by atomic mass is 10.0. The van der Waals surface area contributed by atoms with Crippen molar-refractivity contribution in [1.29, 1.82) is 0 Å². The van der Waals surface area contributed by atoms with Crippen molar-refractivity contribution in [3.63, 3.8) is 0 Å². The number of nitrogens with zero attached hydrogens (tertiary/aromatic N) is 3. The standard InChI is InChI=1S/C23H25N3O7S/c1-7-33-22(29)18-17(13-8-9-15(31-5)16(10-13)32-6)12(2)34-19(18)24-11-14-20(27)25(3)23(30)26(4)21(14)28/h8-11,27H,7H2,1-6H3. The Labute approximate surface area is 199 Å². The average molecular weight is 488 g/mol. The van der Waals surface area contributed by atoms with Crippen molar-refractivity contribution < 1.29 is 24.1 Å². The summed E-state index contributed by atoms with van der Waals surface area (Å²) < 4.78 is 17.8. The van der Waals surface area contributed by atoms with Crippen LogP contribution in [0.1, 0.15) is 27.7 Å². The topological polar surface area (TPSA) is 121 Å². The Morgan fingerprint density at radius 1 is 1.15 bits per heavy atom. The maximum atomic E-state index is 12.9. The maximum Gasteiger partial charge on any atom is 0.341 e. The number of aliphatic imine (C=N–C) groups is 1. The first kappa shape index (κ1) is 24.8. The molecule has 0 fully saturated rings. The Morgan fingerprint density at radius 2 is 1.82 bits per heavy atom. The second-order valence-corrected chi connectivity index (χ2v) is 8.41. The van der Waals surface area contributed by atoms with Gasteiger partial charge in [-0.3, -0.25) is 13.9 Å². The molecule has 3 aromatic rings. The molecule has 1 N–H and O–H groups in total. The number of carbonyl (C=O) groups excluding carboxylic acids is 1. The third kappa shape index (κ3) is 4.34. The minimum atomic E-state index is -0.713. The molecule has 10 nitrogen and oxygen atoms in total. The van der Waals surface area contributed by atoms with Crippen LogP contribution in [0.15, 0.2) is 32.8 Å². The molecule has 0 aliphatic carbocycles. The van der Waals surface area contributed by atoms with E-state index in [1.54, 1.807) is 25.1 Å². The zero-order valence-electron chi connectivity index (χ0n) is 19.7. The Morgan fingerprint density at radius 3 is 2.44 bits per heavy atom. The number of benzene rings is 1. The van der Waals surface area contributed by atoms with Crippen LogP contribution in [0.25, 0.3) is 11.1 Å². The van der Waals surface area contributed by atoms with Crippen LogP contribution in [0.2, 0.25) is 0 Å². The van der Waals surface area contributed by atoms with Crippen molar-refractivity contribution in [2.45, 2.75) is 13.8 Å². The minimum absolute atomic E-state index is 0.157. The molecule has 34 heavy (non-hydrogen) atoms. The van der Waals surface area contributed by atoms with Crippen LogP contribution in [0.3, 0.4) is 0 Å². The third-order valence-electron chi connectivity index (χ3n) is 5.20. The van der Waals surface area contributed by atoms with Crippen LogP contribution >= 0.6 is 11.3 Å². The van der Waals surface area contributed by atoms with Gasteiger partial charge in [-0.25, -0.2) is 14.6 Å². The summed E-state index contributed by atoms with van der Waals surface area (Å²) in [5, 5.41) is 10.6. The summed E-state index contributed by atoms with van der Waals surface area (Å²) in [5.74, 6) is -0.0792. The number of esters is 1. The monoisotopic (exact) mass is 487 g/mol. The largest absolute Gasteiger partial charge is 0.494 e. The molecule has 0 amide bonds. The van der Waals surface area contributed by atoms with E-state index in [-0.39, 0.29) is 22.7 Å². The summed E-state index contributed by atoms with van der Waals surface area (Å²) >= 11 is 1.23. The fraction of sp³-hybridized carbons (Fsp3) is 0.304. The van der Waals surface area contributed by atoms with Crippen LogP contribution in [0.5, 0.6) is 17.4 Å². The molecule has 0 bridgehead atoms. The first-order chi connectivity index (χ1) is 16.2. The number of hydrogen-bond donors (Lipinski definition) is 1. The highest BCUT2D eigenvalue weighted by atomic mass is 32.1. The Hall–Kier alpha value is -3.86. The van der Waals surface area contributed by atoms with Crippen molar-refractivity contribution in [1.82, 2.24) is 9.13 Å². The molecule has 0 radical (unpaired) electrons. The molecule has 2 aromatic heterocycles. The van der Waals surface area contributed by atoms with Gasteiger partial charge in [0, 0.05) is 30.8 Å². The smallest absolute Gasteiger partial charge is 0.341 e. The van der Waals surface area contributed by atoms with Gasteiger partial charge in [0.2, 0.25) is 5.88 Å². The second-order valence-electron chi connectivity index (χ2n) is 7.20. The fourth-order valence-electron chi connectivity index (χ4n) is 3.45. The van der Waals surface area contributed by atoms with E-state index >= 15 is 0 Å². The van der Waals surface area contributed by atoms with Crippen LogP contribution < -0.4 is 20.7 Å². The van der Waals surface area contributed by atoms with Crippen LogP contribution in [0, 0.1) is 6.92 Å². The number of ether oxygens (including phenoxy) is 3. The highest BCUT2D eigenvalue weighted by molar-refractivity contribution is 7.16. The molecule has 1 aromatic carbocycles. The normalized spacial score (nSPS) is 11.1. The van der Waals surface area contributed by atoms with Gasteiger partial charge in [-0.15, -0.1) is 11.3 Å². The molecule has 0 saturated heterocycles. The molecule has 11 heteroatoms. The van der Waals surface area contributed by atoms with E-state index in [4.69, 9.17) is 14.2 Å². The number of aromatic hydroxyl groups is 1. The lowest BCUT2D eigenvalue weighted by Crippen LogP contribution is -2.38. The Kier molecular flexibility index (Phi) is 7.26. The zero-order valence-corrected chi connectivity index (χ0v) is 20.5. The van der Waals surface area contributed by atoms with E-state index in [1.165, 1.54) is 39.7 Å². The van der Waals surface area contributed by atoms with E-state index in [0.717, 1.165) is 20.2 Å². The van der Waals surface area contributed by atoms with Crippen LogP contribution in [-0.4, -0.2) is 47.3 Å². The average Bonchev–Trinajstić information content (AvgIpc) is 3.17. The number of methoxy groups -OCH3 is 2. The molecule has 180 valence electrons. The Bertz CT molecular complexity index is 1400. The summed E-state index contributed by atoms with van der Waals surface area (Å²) in [6, 6.07) is 5.27. The predicted octanol–water partition coefficient (Wildman–Crippen LogP) is 2.77. The van der Waals surface area contributed by atoms with Crippen molar-refractivity contribution in [3.05, 3.63) is 55.0 Å². The molecule has 0 atom stereocenters. The van der Waals surface area contributed by atoms with E-state index in [0.29, 0.717) is 22.6 Å². The molecule has 2 heterocycles. The summed E-state index contributed by atoms with van der Waals surface area (Å²) in [4.78, 5) is 42.6. The first-order valence-corrected chi connectivity index (χ1v) is 11.0. The van der Waals surface area contributed by atoms with Gasteiger partial charge in [0.1, 0.15) is 16.1 Å². The van der Waals surface area contributed by atoms with Crippen molar-refractivity contribution in [2.75, 3.05) is 20.8 Å². The van der Waals surface area contributed by atoms with E-state index in [2.05, 4.69) is 4.99 Å². The molecule has 0 spiro atoms. The van der Waals surface area contributed by atoms with Crippen LogP contribution in [-0.2, 0) is 18.8 Å². The third-order valence-corrected chi connectivity index (χ3v) is 6.21. The number of aryl methyl sites for hydroxylation is 1. The van der Waals surface area contributed by atoms with E-state index in [9.17, 15) is 19.5 Å². The molecule has 0 saturated carbocycles. The molecule has 0 unspecified atom stereocenters. The summed E-state index contributed by atoms with van der Waals surface area (Å²) in [7, 11) is 5.69. The van der Waals surface area contributed by atoms with E-state index < -0.39 is 23.1 Å². The van der Waals surface area contributed by atoms with Gasteiger partial charge < -0.3 is 19.3 Å². The Balaban J connectivity index is 2.23. The van der Waals surface area contributed by atoms with Gasteiger partial charge in [-0.2, -0.15) is 0 Å². The summed E-state index contributed by atoms with van der Waals surface area (Å²) in [5.41, 5.74) is -0.0528. The first-order valence-electron chi connectivity index (χ1n) is 10.2. The van der Waals surface area contributed by atoms with Gasteiger partial charge in [0.05, 0.1) is 20.8 Å². The van der Waals surface area contributed by atoms with Crippen molar-refractivity contribution >= 4 is 28.5 Å². The lowest BCUT2D eigenvalue weighted by molar-refractivity contribution is 0.0528. The van der Waals surface area contributed by atoms with Crippen LogP contribution in [0.4, 0.5) is 5.00 Å². The number of rotatable bonds is 7. The summed E-state index contributed by atoms with van der Waals surface area (Å²) in [6.07, 6.45) is 1.14. The predicted molar refractivity (Wildman–Crippen MR) is 129 cm³/mol. The molecule has 0 aliphatic heterocycles.